The van der Waals surface area contributed by atoms with Crippen LogP contribution in [-0.4, -0.2) is 88.6 Å². The van der Waals surface area contributed by atoms with Crippen LogP contribution in [0.3, 0.4) is 0 Å². The van der Waals surface area contributed by atoms with Gasteiger partial charge in [-0.25, -0.2) is 9.59 Å². The fourth-order valence-corrected chi connectivity index (χ4v) is 5.57. The van der Waals surface area contributed by atoms with Crippen molar-refractivity contribution in [2.24, 2.45) is 11.5 Å². The lowest BCUT2D eigenvalue weighted by atomic mass is 10.0. The molecule has 0 aliphatic heterocycles. The predicted octanol–water partition coefficient (Wildman–Crippen LogP) is 3.01. The van der Waals surface area contributed by atoms with E-state index in [1.165, 1.54) is 27.4 Å². The van der Waals surface area contributed by atoms with Crippen molar-refractivity contribution in [3.8, 4) is 34.3 Å². The summed E-state index contributed by atoms with van der Waals surface area (Å²) in [5.74, 6) is -3.07. The van der Waals surface area contributed by atoms with Gasteiger partial charge in [-0.2, -0.15) is 0 Å². The summed E-state index contributed by atoms with van der Waals surface area (Å²) in [7, 11) is 3.92. The summed E-state index contributed by atoms with van der Waals surface area (Å²) in [6.45, 7) is 3.33. The van der Waals surface area contributed by atoms with Gasteiger partial charge in [-0.1, -0.05) is 11.6 Å². The topological polar surface area (TPSA) is 241 Å². The summed E-state index contributed by atoms with van der Waals surface area (Å²) in [6, 6.07) is 5.80. The number of nitrogens with one attached hydrogen (secondary N) is 2. The molecule has 2 amide bonds. The third-order valence-electron chi connectivity index (χ3n) is 8.47. The van der Waals surface area contributed by atoms with Gasteiger partial charge in [0.1, 0.15) is 40.3 Å². The fourth-order valence-electron chi connectivity index (χ4n) is 5.57. The summed E-state index contributed by atoms with van der Waals surface area (Å²) in [5.41, 5.74) is 11.9. The van der Waals surface area contributed by atoms with Crippen LogP contribution in [0.5, 0.6) is 23.0 Å². The van der Waals surface area contributed by atoms with Crippen molar-refractivity contribution in [1.29, 1.82) is 0 Å². The zero-order valence-corrected chi connectivity index (χ0v) is 32.0. The normalized spacial score (nSPS) is 11.9. The molecule has 0 saturated carbocycles. The average Bonchev–Trinajstić information content (AvgIpc) is 3.17. The number of allylic oxidation sites excluding steroid dienone is 2. The molecule has 2 aromatic carbocycles. The van der Waals surface area contributed by atoms with Crippen molar-refractivity contribution in [2.45, 2.75) is 70.9 Å². The van der Waals surface area contributed by atoms with E-state index in [-0.39, 0.29) is 41.1 Å². The second-order valence-electron chi connectivity index (χ2n) is 12.8. The van der Waals surface area contributed by atoms with Crippen LogP contribution in [-0.2, 0) is 35.1 Å². The van der Waals surface area contributed by atoms with E-state index in [4.69, 9.17) is 39.6 Å². The second kappa shape index (κ2) is 21.9. The van der Waals surface area contributed by atoms with E-state index in [1.54, 1.807) is 24.3 Å². The Morgan fingerprint density at radius 3 is 1.87 bits per heavy atom. The first kappa shape index (κ1) is 43.8. The Kier molecular flexibility index (Phi) is 17.5. The van der Waals surface area contributed by atoms with Crippen molar-refractivity contribution < 1.29 is 52.4 Å². The SMILES string of the molecule is COC(=O)[C@H](CCCCN)NC(=O)COc1cc(O)c2c(=O)c(OCC(=O)N[C@@H](CCCCN)C(=O)OC)c(-c3ccc(OC)cc3)oc2c1CC=C(C)C. The first-order valence-electron chi connectivity index (χ1n) is 17.9. The van der Waals surface area contributed by atoms with Gasteiger partial charge in [0, 0.05) is 17.2 Å². The van der Waals surface area contributed by atoms with Crippen LogP contribution < -0.4 is 41.7 Å². The molecule has 0 fully saturated rings. The number of carbonyl (C=O) groups excluding carboxylic acids is 4. The Labute approximate surface area is 319 Å². The van der Waals surface area contributed by atoms with E-state index in [1.807, 2.05) is 19.9 Å². The van der Waals surface area contributed by atoms with E-state index in [2.05, 4.69) is 10.6 Å². The molecule has 1 aromatic heterocycles. The van der Waals surface area contributed by atoms with Crippen molar-refractivity contribution in [3.05, 3.63) is 57.8 Å². The van der Waals surface area contributed by atoms with Crippen LogP contribution >= 0.6 is 0 Å². The minimum atomic E-state index is -0.966. The minimum absolute atomic E-state index is 0.0377. The van der Waals surface area contributed by atoms with Gasteiger partial charge in [-0.15, -0.1) is 0 Å². The number of phenolic OH excluding ortho intramolecular Hbond substituents is 1. The smallest absolute Gasteiger partial charge is 0.328 e. The zero-order valence-electron chi connectivity index (χ0n) is 32.0. The Balaban J connectivity index is 2.09. The number of ether oxygens (including phenoxy) is 5. The first-order chi connectivity index (χ1) is 26.4. The number of methoxy groups -OCH3 is 3. The molecule has 0 aliphatic carbocycles. The molecule has 0 spiro atoms. The van der Waals surface area contributed by atoms with E-state index >= 15 is 0 Å². The number of carbonyl (C=O) groups is 4. The summed E-state index contributed by atoms with van der Waals surface area (Å²) in [4.78, 5) is 65.0. The Bertz CT molecular complexity index is 1870. The number of nitrogens with two attached hydrogens (primary N) is 2. The van der Waals surface area contributed by atoms with E-state index < -0.39 is 60.2 Å². The van der Waals surface area contributed by atoms with Crippen molar-refractivity contribution in [1.82, 2.24) is 10.6 Å². The lowest BCUT2D eigenvalue weighted by Gasteiger charge is -2.19. The van der Waals surface area contributed by atoms with Gasteiger partial charge in [-0.05, 0) is 96.1 Å². The highest BCUT2D eigenvalue weighted by Crippen LogP contribution is 2.40. The molecule has 0 radical (unpaired) electrons. The largest absolute Gasteiger partial charge is 0.507 e. The van der Waals surface area contributed by atoms with Crippen LogP contribution in [0.4, 0.5) is 0 Å². The number of fused-ring (bicyclic) bond motifs is 1. The number of esters is 2. The summed E-state index contributed by atoms with van der Waals surface area (Å²) >= 11 is 0. The first-order valence-corrected chi connectivity index (χ1v) is 17.9. The number of benzene rings is 2. The third kappa shape index (κ3) is 12.5. The highest BCUT2D eigenvalue weighted by Gasteiger charge is 2.27. The lowest BCUT2D eigenvalue weighted by molar-refractivity contribution is -0.145. The van der Waals surface area contributed by atoms with Crippen LogP contribution in [0.1, 0.15) is 57.9 Å². The van der Waals surface area contributed by atoms with Crippen LogP contribution in [0.2, 0.25) is 0 Å². The van der Waals surface area contributed by atoms with Gasteiger partial charge < -0.3 is 55.3 Å². The predicted molar refractivity (Wildman–Crippen MR) is 204 cm³/mol. The number of phenols is 1. The van der Waals surface area contributed by atoms with Crippen molar-refractivity contribution in [3.63, 3.8) is 0 Å². The number of aromatic hydroxyl groups is 1. The zero-order chi connectivity index (χ0) is 40.5. The van der Waals surface area contributed by atoms with Crippen LogP contribution in [0.15, 0.2) is 51.2 Å². The molecular formula is C39H52N4O12. The molecule has 0 aliphatic rings. The molecule has 3 aromatic rings. The Hall–Kier alpha value is -5.61. The molecule has 1 heterocycles. The highest BCUT2D eigenvalue weighted by atomic mass is 16.5. The summed E-state index contributed by atoms with van der Waals surface area (Å²) < 4.78 is 33.1. The van der Waals surface area contributed by atoms with Crippen LogP contribution in [0, 0.1) is 0 Å². The number of hydrogen-bond acceptors (Lipinski definition) is 14. The van der Waals surface area contributed by atoms with Gasteiger partial charge in [0.2, 0.25) is 11.2 Å². The summed E-state index contributed by atoms with van der Waals surface area (Å²) in [6.07, 6.45) is 5.01. The van der Waals surface area contributed by atoms with Gasteiger partial charge in [-0.3, -0.25) is 14.4 Å². The Morgan fingerprint density at radius 1 is 0.836 bits per heavy atom. The molecule has 0 saturated heterocycles. The maximum absolute atomic E-state index is 14.3. The molecule has 300 valence electrons. The standard InChI is InChI=1S/C39H52N4O12/c1-23(2)12-17-26-30(53-21-31(45)42-27(38(48)51-4)10-6-8-18-40)20-29(44)33-34(47)37(35(55-36(26)33)24-13-15-25(50-3)16-14-24)54-22-32(46)43-28(39(49)52-5)11-7-9-19-41/h12-16,20,27-28,44H,6-11,17-19,21-22,40-41H2,1-5H3,(H,42,45)(H,43,46)/t27-,28-/m0/s1. The van der Waals surface area contributed by atoms with Gasteiger partial charge in [0.15, 0.2) is 19.0 Å². The maximum atomic E-state index is 14.3. The third-order valence-corrected chi connectivity index (χ3v) is 8.47. The van der Waals surface area contributed by atoms with Gasteiger partial charge >= 0.3 is 11.9 Å². The number of amides is 2. The molecular weight excluding hydrogens is 716 g/mol. The molecule has 2 atom stereocenters. The van der Waals surface area contributed by atoms with E-state index in [9.17, 15) is 29.1 Å². The fraction of sp³-hybridized carbons (Fsp3) is 0.462. The monoisotopic (exact) mass is 768 g/mol. The lowest BCUT2D eigenvalue weighted by Crippen LogP contribution is -2.43. The molecule has 0 unspecified atom stereocenters. The molecule has 16 heteroatoms. The van der Waals surface area contributed by atoms with Gasteiger partial charge in [0.05, 0.1) is 21.3 Å². The quantitative estimate of drug-likeness (QED) is 0.0561. The average molecular weight is 769 g/mol. The van der Waals surface area contributed by atoms with Crippen molar-refractivity contribution >= 4 is 34.7 Å². The molecule has 3 rings (SSSR count). The maximum Gasteiger partial charge on any atom is 0.328 e. The van der Waals surface area contributed by atoms with Gasteiger partial charge in [0.25, 0.3) is 11.8 Å². The van der Waals surface area contributed by atoms with Crippen molar-refractivity contribution in [2.75, 3.05) is 47.6 Å². The number of rotatable bonds is 22. The number of unbranched alkanes of at least 4 members (excludes halogenated alkanes) is 2. The van der Waals surface area contributed by atoms with Crippen LogP contribution in [0.25, 0.3) is 22.3 Å². The van der Waals surface area contributed by atoms with E-state index in [0.717, 1.165) is 5.57 Å². The Morgan fingerprint density at radius 2 is 1.38 bits per heavy atom. The minimum Gasteiger partial charge on any atom is -0.507 e. The second-order valence-corrected chi connectivity index (χ2v) is 12.8. The van der Waals surface area contributed by atoms with E-state index in [0.29, 0.717) is 62.1 Å². The molecule has 7 N–H and O–H groups in total. The summed E-state index contributed by atoms with van der Waals surface area (Å²) in [5, 5.41) is 16.2. The molecule has 0 bridgehead atoms. The highest BCUT2D eigenvalue weighted by molar-refractivity contribution is 5.92. The molecule has 16 nitrogen and oxygen atoms in total. The number of hydrogen-bond donors (Lipinski definition) is 5. The molecule has 55 heavy (non-hydrogen) atoms.